The first-order valence-corrected chi connectivity index (χ1v) is 7.66. The molecule has 0 aliphatic carbocycles. The normalized spacial score (nSPS) is 10.5. The van der Waals surface area contributed by atoms with E-state index >= 15 is 0 Å². The van der Waals surface area contributed by atoms with Crippen LogP contribution in [-0.4, -0.2) is 16.6 Å². The Labute approximate surface area is 137 Å². The Morgan fingerprint density at radius 3 is 2.86 bits per heavy atom. The van der Waals surface area contributed by atoms with Crippen molar-refractivity contribution in [2.75, 3.05) is 17.7 Å². The van der Waals surface area contributed by atoms with Crippen LogP contribution in [0.3, 0.4) is 0 Å². The van der Waals surface area contributed by atoms with Crippen LogP contribution >= 0.6 is 27.5 Å². The first-order chi connectivity index (χ1) is 10.0. The highest BCUT2D eigenvalue weighted by Gasteiger charge is 2.11. The maximum Gasteiger partial charge on any atom is 0.242 e. The number of rotatable bonds is 5. The number of halogens is 2. The summed E-state index contributed by atoms with van der Waals surface area (Å²) >= 11 is 9.63. The Kier molecular flexibility index (Phi) is 5.25. The number of hydrogen-bond donors (Lipinski definition) is 2. The molecule has 1 heterocycles. The van der Waals surface area contributed by atoms with Crippen LogP contribution in [0.25, 0.3) is 0 Å². The zero-order valence-electron chi connectivity index (χ0n) is 11.8. The highest BCUT2D eigenvalue weighted by molar-refractivity contribution is 9.10. The second-order valence-electron chi connectivity index (χ2n) is 4.50. The molecule has 0 spiro atoms. The van der Waals surface area contributed by atoms with Crippen LogP contribution in [-0.2, 0) is 0 Å². The number of anilines is 3. The molecule has 0 saturated heterocycles. The van der Waals surface area contributed by atoms with Crippen molar-refractivity contribution >= 4 is 44.7 Å². The molecule has 5 nitrogen and oxygen atoms in total. The minimum atomic E-state index is 0.370. The molecule has 2 aromatic rings. The Morgan fingerprint density at radius 1 is 1.38 bits per heavy atom. The minimum absolute atomic E-state index is 0.370. The molecule has 0 fully saturated rings. The number of benzene rings is 1. The average molecular weight is 372 g/mol. The van der Waals surface area contributed by atoms with Gasteiger partial charge in [-0.25, -0.2) is 4.98 Å². The Bertz CT molecular complexity index is 651. The van der Waals surface area contributed by atoms with Gasteiger partial charge in [0.2, 0.25) is 5.88 Å². The van der Waals surface area contributed by atoms with Crippen molar-refractivity contribution in [3.63, 3.8) is 0 Å². The fraction of sp³-hybridized carbons (Fsp3) is 0.286. The van der Waals surface area contributed by atoms with Gasteiger partial charge >= 0.3 is 0 Å². The van der Waals surface area contributed by atoms with E-state index in [0.29, 0.717) is 29.0 Å². The molecule has 7 heteroatoms. The number of nitrogens with one attached hydrogen (secondary N) is 1. The van der Waals surface area contributed by atoms with Crippen LogP contribution in [0.2, 0.25) is 5.02 Å². The summed E-state index contributed by atoms with van der Waals surface area (Å²) in [6.45, 7) is 4.51. The van der Waals surface area contributed by atoms with Crippen molar-refractivity contribution in [1.82, 2.24) is 9.97 Å². The summed E-state index contributed by atoms with van der Waals surface area (Å²) in [6, 6.07) is 3.74. The van der Waals surface area contributed by atoms with E-state index in [1.165, 1.54) is 6.33 Å². The summed E-state index contributed by atoms with van der Waals surface area (Å²) < 4.78 is 6.36. The molecule has 0 aliphatic rings. The van der Waals surface area contributed by atoms with E-state index in [9.17, 15) is 0 Å². The number of hydrogen-bond acceptors (Lipinski definition) is 5. The molecule has 2 rings (SSSR count). The molecule has 0 bridgehead atoms. The van der Waals surface area contributed by atoms with Crippen molar-refractivity contribution < 1.29 is 4.74 Å². The van der Waals surface area contributed by atoms with Crippen LogP contribution < -0.4 is 15.8 Å². The molecular weight excluding hydrogens is 356 g/mol. The number of nitrogen functional groups attached to an aromatic ring is 1. The van der Waals surface area contributed by atoms with Crippen molar-refractivity contribution in [2.45, 2.75) is 20.3 Å². The predicted octanol–water partition coefficient (Wildman–Crippen LogP) is 4.32. The third-order valence-corrected chi connectivity index (χ3v) is 3.85. The summed E-state index contributed by atoms with van der Waals surface area (Å²) in [6.07, 6.45) is 2.29. The largest absolute Gasteiger partial charge is 0.476 e. The summed E-state index contributed by atoms with van der Waals surface area (Å²) in [5.41, 5.74) is 8.16. The third kappa shape index (κ3) is 3.77. The molecule has 0 saturated carbocycles. The fourth-order valence-electron chi connectivity index (χ4n) is 1.66. The summed E-state index contributed by atoms with van der Waals surface area (Å²) in [4.78, 5) is 8.18. The molecule has 112 valence electrons. The second-order valence-corrected chi connectivity index (χ2v) is 5.76. The first kappa shape index (κ1) is 15.9. The van der Waals surface area contributed by atoms with Gasteiger partial charge in [0.1, 0.15) is 12.0 Å². The Hall–Kier alpha value is -1.53. The average Bonchev–Trinajstić information content (AvgIpc) is 2.45. The lowest BCUT2D eigenvalue weighted by molar-refractivity contribution is 0.307. The number of nitrogens with two attached hydrogens (primary N) is 1. The minimum Gasteiger partial charge on any atom is -0.476 e. The van der Waals surface area contributed by atoms with E-state index in [2.05, 4.69) is 31.2 Å². The summed E-state index contributed by atoms with van der Waals surface area (Å²) in [5, 5.41) is 3.80. The van der Waals surface area contributed by atoms with Crippen LogP contribution in [0.5, 0.6) is 5.88 Å². The first-order valence-electron chi connectivity index (χ1n) is 6.48. The number of nitrogens with zero attached hydrogens (tertiary/aromatic N) is 2. The van der Waals surface area contributed by atoms with E-state index in [-0.39, 0.29) is 0 Å². The lowest BCUT2D eigenvalue weighted by atomic mass is 10.2. The highest BCUT2D eigenvalue weighted by Crippen LogP contribution is 2.33. The predicted molar refractivity (Wildman–Crippen MR) is 89.4 cm³/mol. The zero-order valence-corrected chi connectivity index (χ0v) is 14.1. The van der Waals surface area contributed by atoms with Crippen molar-refractivity contribution in [1.29, 1.82) is 0 Å². The van der Waals surface area contributed by atoms with Crippen LogP contribution in [0.15, 0.2) is 22.9 Å². The van der Waals surface area contributed by atoms with Gasteiger partial charge in [0.15, 0.2) is 5.82 Å². The number of aromatic nitrogens is 2. The molecule has 0 amide bonds. The van der Waals surface area contributed by atoms with Crippen LogP contribution in [0, 0.1) is 6.92 Å². The van der Waals surface area contributed by atoms with E-state index < -0.39 is 0 Å². The summed E-state index contributed by atoms with van der Waals surface area (Å²) in [5.74, 6) is 0.861. The molecule has 3 N–H and O–H groups in total. The van der Waals surface area contributed by atoms with Crippen molar-refractivity contribution in [3.8, 4) is 5.88 Å². The van der Waals surface area contributed by atoms with Crippen LogP contribution in [0.1, 0.15) is 18.9 Å². The lowest BCUT2D eigenvalue weighted by Gasteiger charge is -2.13. The topological polar surface area (TPSA) is 73.1 Å². The molecule has 1 aromatic heterocycles. The molecule has 0 unspecified atom stereocenters. The van der Waals surface area contributed by atoms with Gasteiger partial charge in [0.05, 0.1) is 12.3 Å². The van der Waals surface area contributed by atoms with E-state index in [4.69, 9.17) is 22.1 Å². The highest BCUT2D eigenvalue weighted by atomic mass is 79.9. The van der Waals surface area contributed by atoms with Gasteiger partial charge in [-0.1, -0.05) is 18.5 Å². The standard InChI is InChI=1S/C14H16BrClN4O/c1-3-4-21-14-12(17)13(18-7-19-14)20-11-6-10(16)8(2)5-9(11)15/h5-7H,3-4,17H2,1-2H3,(H,18,19,20). The molecule has 0 atom stereocenters. The third-order valence-electron chi connectivity index (χ3n) is 2.79. The van der Waals surface area contributed by atoms with Gasteiger partial charge in [0.25, 0.3) is 0 Å². The number of ether oxygens (including phenoxy) is 1. The zero-order chi connectivity index (χ0) is 15.4. The maximum absolute atomic E-state index is 6.14. The van der Waals surface area contributed by atoms with Crippen LogP contribution in [0.4, 0.5) is 17.2 Å². The maximum atomic E-state index is 6.14. The van der Waals surface area contributed by atoms with Crippen molar-refractivity contribution in [3.05, 3.63) is 33.5 Å². The smallest absolute Gasteiger partial charge is 0.242 e. The van der Waals surface area contributed by atoms with Gasteiger partial charge in [-0.15, -0.1) is 0 Å². The number of aryl methyl sites for hydroxylation is 1. The quantitative estimate of drug-likeness (QED) is 0.819. The van der Waals surface area contributed by atoms with Gasteiger partial charge in [-0.2, -0.15) is 4.98 Å². The molecule has 0 aliphatic heterocycles. The monoisotopic (exact) mass is 370 g/mol. The van der Waals surface area contributed by atoms with E-state index in [1.807, 2.05) is 26.0 Å². The lowest BCUT2D eigenvalue weighted by Crippen LogP contribution is -2.06. The molecule has 1 aromatic carbocycles. The fourth-order valence-corrected chi connectivity index (χ4v) is 2.38. The molecular formula is C14H16BrClN4O. The van der Waals surface area contributed by atoms with Gasteiger partial charge in [0, 0.05) is 9.50 Å². The Morgan fingerprint density at radius 2 is 2.14 bits per heavy atom. The Balaban J connectivity index is 2.29. The molecule has 0 radical (unpaired) electrons. The van der Waals surface area contributed by atoms with Gasteiger partial charge in [-0.05, 0) is 47.0 Å². The van der Waals surface area contributed by atoms with Gasteiger partial charge < -0.3 is 15.8 Å². The van der Waals surface area contributed by atoms with E-state index in [0.717, 1.165) is 22.1 Å². The second kappa shape index (κ2) is 6.95. The van der Waals surface area contributed by atoms with Crippen molar-refractivity contribution in [2.24, 2.45) is 0 Å². The van der Waals surface area contributed by atoms with Gasteiger partial charge in [-0.3, -0.25) is 0 Å². The van der Waals surface area contributed by atoms with E-state index in [1.54, 1.807) is 0 Å². The summed E-state index contributed by atoms with van der Waals surface area (Å²) in [7, 11) is 0. The SMILES string of the molecule is CCCOc1ncnc(Nc2cc(Cl)c(C)cc2Br)c1N. The molecule has 21 heavy (non-hydrogen) atoms.